The van der Waals surface area contributed by atoms with Crippen LogP contribution >= 0.6 is 0 Å². The quantitative estimate of drug-likeness (QED) is 0.719. The van der Waals surface area contributed by atoms with Crippen LogP contribution in [-0.4, -0.2) is 48.2 Å². The van der Waals surface area contributed by atoms with E-state index in [-0.39, 0.29) is 11.3 Å². The van der Waals surface area contributed by atoms with Gasteiger partial charge in [-0.3, -0.25) is 0 Å². The maximum absolute atomic E-state index is 13.3. The molecular weight excluding hydrogens is 385 g/mol. The number of methoxy groups -OCH3 is 1. The molecular formula is C19H19F3N6O. The summed E-state index contributed by atoms with van der Waals surface area (Å²) in [5, 5.41) is 0.528. The number of piperazine rings is 1. The molecule has 10 heteroatoms. The Kier molecular flexibility index (Phi) is 4.77. The second kappa shape index (κ2) is 7.26. The summed E-state index contributed by atoms with van der Waals surface area (Å²) in [6, 6.07) is 8.38. The molecule has 4 rings (SSSR count). The van der Waals surface area contributed by atoms with Crippen molar-refractivity contribution in [2.24, 2.45) is 0 Å². The number of hydrogen-bond donors (Lipinski definition) is 1. The molecule has 1 saturated heterocycles. The van der Waals surface area contributed by atoms with Crippen LogP contribution in [0.25, 0.3) is 10.9 Å². The second-order valence-electron chi connectivity index (χ2n) is 6.67. The van der Waals surface area contributed by atoms with Crippen molar-refractivity contribution in [1.82, 2.24) is 15.0 Å². The molecule has 29 heavy (non-hydrogen) atoms. The summed E-state index contributed by atoms with van der Waals surface area (Å²) in [5.74, 6) is 0.0915. The van der Waals surface area contributed by atoms with Gasteiger partial charge in [0.25, 0.3) is 0 Å². The zero-order valence-electron chi connectivity index (χ0n) is 15.6. The highest BCUT2D eigenvalue weighted by molar-refractivity contribution is 5.91. The molecule has 1 aromatic carbocycles. The fourth-order valence-corrected chi connectivity index (χ4v) is 3.35. The molecule has 0 spiro atoms. The molecule has 2 N–H and O–H groups in total. The van der Waals surface area contributed by atoms with E-state index in [2.05, 4.69) is 19.9 Å². The topological polar surface area (TPSA) is 80.4 Å². The van der Waals surface area contributed by atoms with Crippen LogP contribution in [0, 0.1) is 0 Å². The van der Waals surface area contributed by atoms with E-state index in [1.165, 1.54) is 13.2 Å². The van der Waals surface area contributed by atoms with Gasteiger partial charge in [-0.2, -0.15) is 13.2 Å². The monoisotopic (exact) mass is 404 g/mol. The molecule has 0 saturated carbocycles. The van der Waals surface area contributed by atoms with E-state index in [4.69, 9.17) is 10.5 Å². The van der Waals surface area contributed by atoms with Crippen molar-refractivity contribution in [3.05, 3.63) is 42.4 Å². The van der Waals surface area contributed by atoms with E-state index in [1.54, 1.807) is 24.4 Å². The Labute approximate surface area is 164 Å². The van der Waals surface area contributed by atoms with E-state index in [9.17, 15) is 13.2 Å². The summed E-state index contributed by atoms with van der Waals surface area (Å²) in [6.45, 7) is 2.24. The lowest BCUT2D eigenvalue weighted by atomic mass is 10.2. The van der Waals surface area contributed by atoms with E-state index in [0.717, 1.165) is 5.69 Å². The van der Waals surface area contributed by atoms with E-state index in [1.807, 2.05) is 11.0 Å². The molecule has 0 unspecified atom stereocenters. The van der Waals surface area contributed by atoms with Gasteiger partial charge in [0.1, 0.15) is 17.4 Å². The van der Waals surface area contributed by atoms with Crippen LogP contribution in [0.3, 0.4) is 0 Å². The predicted octanol–water partition coefficient (Wildman–Crippen LogP) is 2.96. The number of nitrogens with zero attached hydrogens (tertiary/aromatic N) is 5. The molecule has 1 fully saturated rings. The van der Waals surface area contributed by atoms with Gasteiger partial charge in [-0.25, -0.2) is 15.0 Å². The van der Waals surface area contributed by atoms with Gasteiger partial charge in [-0.05, 0) is 30.3 Å². The summed E-state index contributed by atoms with van der Waals surface area (Å²) in [4.78, 5) is 15.6. The van der Waals surface area contributed by atoms with Crippen molar-refractivity contribution in [3.8, 4) is 5.75 Å². The third-order valence-electron chi connectivity index (χ3n) is 4.85. The third kappa shape index (κ3) is 3.82. The number of alkyl halides is 3. The van der Waals surface area contributed by atoms with Crippen LogP contribution in [0.2, 0.25) is 0 Å². The van der Waals surface area contributed by atoms with E-state index in [0.29, 0.717) is 43.1 Å². The van der Waals surface area contributed by atoms with E-state index < -0.39 is 12.0 Å². The fourth-order valence-electron chi connectivity index (χ4n) is 3.35. The Bertz CT molecular complexity index is 1020. The van der Waals surface area contributed by atoms with Crippen molar-refractivity contribution in [3.63, 3.8) is 0 Å². The molecule has 1 aliphatic heterocycles. The number of anilines is 3. The first-order valence-electron chi connectivity index (χ1n) is 8.99. The van der Waals surface area contributed by atoms with Gasteiger partial charge in [0.15, 0.2) is 0 Å². The zero-order valence-corrected chi connectivity index (χ0v) is 15.6. The van der Waals surface area contributed by atoms with Crippen molar-refractivity contribution < 1.29 is 17.9 Å². The first kappa shape index (κ1) is 19.0. The molecule has 0 bridgehead atoms. The van der Waals surface area contributed by atoms with Crippen molar-refractivity contribution in [2.75, 3.05) is 48.8 Å². The number of nitrogen functional groups attached to an aromatic ring is 1. The first-order chi connectivity index (χ1) is 13.8. The van der Waals surface area contributed by atoms with Crippen molar-refractivity contribution in [2.45, 2.75) is 6.18 Å². The lowest BCUT2D eigenvalue weighted by Gasteiger charge is -2.37. The Morgan fingerprint density at radius 1 is 1.00 bits per heavy atom. The summed E-state index contributed by atoms with van der Waals surface area (Å²) in [6.07, 6.45) is -2.93. The summed E-state index contributed by atoms with van der Waals surface area (Å²) < 4.78 is 45.2. The number of benzene rings is 1. The lowest BCUT2D eigenvalue weighted by Crippen LogP contribution is -2.47. The molecule has 1 aliphatic rings. The van der Waals surface area contributed by atoms with Gasteiger partial charge in [-0.1, -0.05) is 0 Å². The Morgan fingerprint density at radius 3 is 2.34 bits per heavy atom. The minimum absolute atomic E-state index is 0.230. The van der Waals surface area contributed by atoms with E-state index >= 15 is 0 Å². The van der Waals surface area contributed by atoms with Crippen LogP contribution in [0.5, 0.6) is 5.75 Å². The predicted molar refractivity (Wildman–Crippen MR) is 104 cm³/mol. The molecule has 2 aromatic heterocycles. The second-order valence-corrected chi connectivity index (χ2v) is 6.67. The summed E-state index contributed by atoms with van der Waals surface area (Å²) >= 11 is 0. The number of halogens is 3. The molecule has 0 atom stereocenters. The largest absolute Gasteiger partial charge is 0.497 e. The number of rotatable bonds is 3. The van der Waals surface area contributed by atoms with Crippen molar-refractivity contribution >= 4 is 28.2 Å². The molecule has 0 radical (unpaired) electrons. The smallest absolute Gasteiger partial charge is 0.451 e. The normalized spacial score (nSPS) is 15.0. The highest BCUT2D eigenvalue weighted by Gasteiger charge is 2.36. The van der Waals surface area contributed by atoms with Crippen LogP contribution in [0.4, 0.5) is 30.5 Å². The average Bonchev–Trinajstić information content (AvgIpc) is 2.72. The fraction of sp³-hybridized carbons (Fsp3) is 0.316. The third-order valence-corrected chi connectivity index (χ3v) is 4.85. The average molecular weight is 404 g/mol. The first-order valence-corrected chi connectivity index (χ1v) is 8.99. The molecule has 7 nitrogen and oxygen atoms in total. The van der Waals surface area contributed by atoms with Gasteiger partial charge in [0.2, 0.25) is 5.82 Å². The summed E-state index contributed by atoms with van der Waals surface area (Å²) in [7, 11) is 1.51. The van der Waals surface area contributed by atoms with Crippen LogP contribution in [0.1, 0.15) is 5.82 Å². The number of aromatic nitrogens is 3. The highest BCUT2D eigenvalue weighted by atomic mass is 19.4. The van der Waals surface area contributed by atoms with Crippen molar-refractivity contribution in [1.29, 1.82) is 0 Å². The Morgan fingerprint density at radius 2 is 1.72 bits per heavy atom. The van der Waals surface area contributed by atoms with Crippen LogP contribution in [-0.2, 0) is 6.18 Å². The SMILES string of the molecule is COc1ccc2nc(C(F)(F)F)nc(N3CCN(c4ccc(N)nc4)CC3)c2c1. The molecule has 152 valence electrons. The number of nitrogens with two attached hydrogens (primary N) is 1. The molecule has 3 aromatic rings. The van der Waals surface area contributed by atoms with Crippen LogP contribution in [0.15, 0.2) is 36.5 Å². The number of fused-ring (bicyclic) bond motifs is 1. The van der Waals surface area contributed by atoms with Gasteiger partial charge < -0.3 is 20.3 Å². The van der Waals surface area contributed by atoms with Gasteiger partial charge in [-0.15, -0.1) is 0 Å². The van der Waals surface area contributed by atoms with Crippen LogP contribution < -0.4 is 20.3 Å². The Balaban J connectivity index is 1.66. The van der Waals surface area contributed by atoms with Gasteiger partial charge >= 0.3 is 6.18 Å². The highest BCUT2D eigenvalue weighted by Crippen LogP contribution is 2.34. The molecule has 0 amide bonds. The molecule has 0 aliphatic carbocycles. The zero-order chi connectivity index (χ0) is 20.6. The number of pyridine rings is 1. The van der Waals surface area contributed by atoms with Gasteiger partial charge in [0.05, 0.1) is 24.5 Å². The molecule has 3 heterocycles. The summed E-state index contributed by atoms with van der Waals surface area (Å²) in [5.41, 5.74) is 6.78. The minimum Gasteiger partial charge on any atom is -0.497 e. The maximum atomic E-state index is 13.3. The number of hydrogen-bond acceptors (Lipinski definition) is 7. The lowest BCUT2D eigenvalue weighted by molar-refractivity contribution is -0.144. The Hall–Kier alpha value is -3.30. The van der Waals surface area contributed by atoms with Gasteiger partial charge in [0, 0.05) is 31.6 Å². The standard InChI is InChI=1S/C19H19F3N6O/c1-29-13-3-4-15-14(10-13)17(26-18(25-15)19(20,21)22)28-8-6-27(7-9-28)12-2-5-16(23)24-11-12/h2-5,10-11H,6-9H2,1H3,(H2,23,24). The minimum atomic E-state index is -4.62. The maximum Gasteiger partial charge on any atom is 0.451 e. The number of ether oxygens (including phenoxy) is 1.